The molecule has 12 heteroatoms. The van der Waals surface area contributed by atoms with Crippen LogP contribution in [0, 0.1) is 17.6 Å². The van der Waals surface area contributed by atoms with E-state index in [9.17, 15) is 17.6 Å². The van der Waals surface area contributed by atoms with Crippen molar-refractivity contribution >= 4 is 21.3 Å². The summed E-state index contributed by atoms with van der Waals surface area (Å²) >= 11 is 0. The predicted molar refractivity (Wildman–Crippen MR) is 156 cm³/mol. The van der Waals surface area contributed by atoms with Crippen LogP contribution in [0.15, 0.2) is 48.9 Å². The van der Waals surface area contributed by atoms with Crippen LogP contribution in [-0.2, 0) is 16.3 Å². The molecule has 1 aromatic carbocycles. The van der Waals surface area contributed by atoms with Gasteiger partial charge in [-0.25, -0.2) is 26.7 Å². The van der Waals surface area contributed by atoms with Gasteiger partial charge < -0.3 is 11.1 Å². The van der Waals surface area contributed by atoms with E-state index in [1.807, 2.05) is 13.0 Å². The summed E-state index contributed by atoms with van der Waals surface area (Å²) in [5.74, 6) is -2.04. The zero-order chi connectivity index (χ0) is 30.3. The van der Waals surface area contributed by atoms with Crippen LogP contribution in [-0.4, -0.2) is 57.5 Å². The third-order valence-electron chi connectivity index (χ3n) is 7.89. The van der Waals surface area contributed by atoms with Crippen LogP contribution in [0.3, 0.4) is 0 Å². The Bertz CT molecular complexity index is 1750. The fourth-order valence-corrected chi connectivity index (χ4v) is 7.90. The molecular weight excluding hydrogens is 562 g/mol. The van der Waals surface area contributed by atoms with E-state index in [1.54, 1.807) is 38.5 Å². The Balaban J connectivity index is 1.49. The Kier molecular flexibility index (Phi) is 8.13. The van der Waals surface area contributed by atoms with Gasteiger partial charge >= 0.3 is 0 Å². The molecule has 3 N–H and O–H groups in total. The number of amides is 1. The Hall–Kier alpha value is -3.77. The number of sulfone groups is 1. The summed E-state index contributed by atoms with van der Waals surface area (Å²) in [7, 11) is -3.29. The van der Waals surface area contributed by atoms with E-state index >= 15 is 4.39 Å². The molecule has 3 heterocycles. The number of benzene rings is 1. The lowest BCUT2D eigenvalue weighted by Gasteiger charge is -2.38. The molecule has 9 nitrogen and oxygen atoms in total. The van der Waals surface area contributed by atoms with Gasteiger partial charge in [-0.3, -0.25) is 9.78 Å². The van der Waals surface area contributed by atoms with Crippen LogP contribution in [0.5, 0.6) is 0 Å². The van der Waals surface area contributed by atoms with E-state index in [4.69, 9.17) is 5.73 Å². The molecule has 1 saturated carbocycles. The lowest BCUT2D eigenvalue weighted by molar-refractivity contribution is 0.0939. The number of halogens is 2. The molecule has 0 aliphatic heterocycles. The number of pyridine rings is 1. The van der Waals surface area contributed by atoms with Gasteiger partial charge in [0, 0.05) is 37.2 Å². The molecule has 1 amide bonds. The molecule has 0 saturated heterocycles. The normalized spacial score (nSPS) is 21.1. The largest absolute Gasteiger partial charge is 0.350 e. The van der Waals surface area contributed by atoms with Crippen LogP contribution in [0.2, 0.25) is 0 Å². The van der Waals surface area contributed by atoms with Gasteiger partial charge in [-0.05, 0) is 80.0 Å². The van der Waals surface area contributed by atoms with Crippen molar-refractivity contribution in [1.82, 2.24) is 24.9 Å². The van der Waals surface area contributed by atoms with Crippen molar-refractivity contribution in [3.05, 3.63) is 83.1 Å². The van der Waals surface area contributed by atoms with E-state index < -0.39 is 44.2 Å². The molecule has 3 aromatic heterocycles. The number of nitrogens with one attached hydrogen (secondary N) is 1. The molecule has 0 spiro atoms. The molecule has 0 unspecified atom stereocenters. The number of nitrogens with two attached hydrogens (primary N) is 1. The number of hydrogen-bond donors (Lipinski definition) is 2. The Morgan fingerprint density at radius 3 is 2.60 bits per heavy atom. The Morgan fingerprint density at radius 2 is 1.90 bits per heavy atom. The summed E-state index contributed by atoms with van der Waals surface area (Å²) in [5, 5.41) is 6.56. The maximum absolute atomic E-state index is 15.5. The number of aromatic nitrogens is 4. The monoisotopic (exact) mass is 596 g/mol. The molecular formula is C30H34F2N6O3S. The van der Waals surface area contributed by atoms with Gasteiger partial charge in [-0.1, -0.05) is 6.92 Å². The third kappa shape index (κ3) is 5.78. The number of hydrogen-bond acceptors (Lipinski definition) is 7. The minimum Gasteiger partial charge on any atom is -0.350 e. The van der Waals surface area contributed by atoms with Crippen molar-refractivity contribution < 1.29 is 22.0 Å². The fourth-order valence-electron chi connectivity index (χ4n) is 6.20. The predicted octanol–water partition coefficient (Wildman–Crippen LogP) is 4.05. The highest BCUT2D eigenvalue weighted by atomic mass is 32.2. The number of nitrogens with zero attached hydrogens (tertiary/aromatic N) is 4. The van der Waals surface area contributed by atoms with Crippen LogP contribution in [0.4, 0.5) is 8.78 Å². The first kappa shape index (κ1) is 29.7. The average Bonchev–Trinajstić information content (AvgIpc) is 3.29. The summed E-state index contributed by atoms with van der Waals surface area (Å²) in [6.45, 7) is 5.42. The van der Waals surface area contributed by atoms with Gasteiger partial charge in [0.15, 0.2) is 9.84 Å². The van der Waals surface area contributed by atoms with E-state index in [-0.39, 0.29) is 29.1 Å². The average molecular weight is 597 g/mol. The lowest BCUT2D eigenvalue weighted by atomic mass is 9.75. The number of carbonyl (C=O) groups is 1. The summed E-state index contributed by atoms with van der Waals surface area (Å²) in [5.41, 5.74) is 8.24. The van der Waals surface area contributed by atoms with Gasteiger partial charge in [0.05, 0.1) is 33.8 Å². The highest BCUT2D eigenvalue weighted by Crippen LogP contribution is 2.39. The second kappa shape index (κ2) is 11.5. The molecule has 5 rings (SSSR count). The van der Waals surface area contributed by atoms with Gasteiger partial charge in [0.25, 0.3) is 5.91 Å². The van der Waals surface area contributed by atoms with E-state index in [1.165, 1.54) is 16.8 Å². The first-order valence-corrected chi connectivity index (χ1v) is 15.8. The van der Waals surface area contributed by atoms with E-state index in [2.05, 4.69) is 20.4 Å². The summed E-state index contributed by atoms with van der Waals surface area (Å²) in [6.07, 6.45) is 7.81. The van der Waals surface area contributed by atoms with Crippen LogP contribution < -0.4 is 11.1 Å². The van der Waals surface area contributed by atoms with Crippen molar-refractivity contribution in [1.29, 1.82) is 0 Å². The van der Waals surface area contributed by atoms with Gasteiger partial charge in [-0.15, -0.1) is 0 Å². The Morgan fingerprint density at radius 1 is 1.14 bits per heavy atom. The van der Waals surface area contributed by atoms with Crippen molar-refractivity contribution in [2.75, 3.05) is 6.26 Å². The van der Waals surface area contributed by atoms with Crippen molar-refractivity contribution in [3.63, 3.8) is 0 Å². The molecule has 1 aliphatic carbocycles. The number of fused-ring (bicyclic) bond motifs is 1. The van der Waals surface area contributed by atoms with Crippen molar-refractivity contribution in [2.24, 2.45) is 11.7 Å². The first-order chi connectivity index (χ1) is 19.8. The van der Waals surface area contributed by atoms with E-state index in [0.717, 1.165) is 23.3 Å². The smallest absolute Gasteiger partial charge is 0.254 e. The minimum atomic E-state index is -3.29. The lowest BCUT2D eigenvalue weighted by Crippen LogP contribution is -2.48. The van der Waals surface area contributed by atoms with Crippen LogP contribution in [0.25, 0.3) is 16.8 Å². The first-order valence-electron chi connectivity index (χ1n) is 13.8. The summed E-state index contributed by atoms with van der Waals surface area (Å²) in [4.78, 5) is 21.3. The molecule has 1 fully saturated rings. The standard InChI is InChI=1S/C30H34F2N6O3S/c1-16(2)36-30(39)22-6-7-23(31)27(28(22)32)25-8-5-20-15-35-26(38(20)37-25)13-19-14-34-10-9-21(19)18-11-17(3)29(24(33)12-18)42(4,40)41/h5-10,14-18,24,29H,11-13,33H2,1-4H3,(H,36,39)/t17-,18+,24+,29+/m0/s1. The third-order valence-corrected chi connectivity index (χ3v) is 9.69. The number of carbonyl (C=O) groups excluding carboxylic acids is 1. The molecule has 4 atom stereocenters. The SMILES string of the molecule is CC(C)NC(=O)c1ccc(F)c(-c2ccc3cnc(Cc4cnccc4[C@H]4C[C@@H](N)[C@H](S(C)(=O)=O)[C@@H](C)C4)n3n2)c1F. The Labute approximate surface area is 243 Å². The van der Waals surface area contributed by atoms with Gasteiger partial charge in [0.2, 0.25) is 0 Å². The summed E-state index contributed by atoms with van der Waals surface area (Å²) < 4.78 is 56.7. The quantitative estimate of drug-likeness (QED) is 0.329. The second-order valence-corrected chi connectivity index (χ2v) is 13.7. The highest BCUT2D eigenvalue weighted by Gasteiger charge is 2.40. The van der Waals surface area contributed by atoms with Crippen LogP contribution in [0.1, 0.15) is 66.8 Å². The summed E-state index contributed by atoms with van der Waals surface area (Å²) in [6, 6.07) is 6.54. The molecule has 0 bridgehead atoms. The maximum Gasteiger partial charge on any atom is 0.254 e. The number of rotatable bonds is 7. The van der Waals surface area contributed by atoms with E-state index in [0.29, 0.717) is 30.6 Å². The minimum absolute atomic E-state index is 0.0150. The number of imidazole rings is 1. The van der Waals surface area contributed by atoms with Gasteiger partial charge in [0.1, 0.15) is 17.5 Å². The molecule has 1 aliphatic rings. The van der Waals surface area contributed by atoms with Gasteiger partial charge in [-0.2, -0.15) is 5.10 Å². The molecule has 4 aromatic rings. The molecule has 222 valence electrons. The molecule has 0 radical (unpaired) electrons. The van der Waals surface area contributed by atoms with Crippen LogP contribution >= 0.6 is 0 Å². The van der Waals surface area contributed by atoms with Crippen molar-refractivity contribution in [3.8, 4) is 11.3 Å². The topological polar surface area (TPSA) is 132 Å². The van der Waals surface area contributed by atoms with Crippen molar-refractivity contribution in [2.45, 2.75) is 63.3 Å². The fraction of sp³-hybridized carbons (Fsp3) is 0.400. The zero-order valence-corrected chi connectivity index (χ0v) is 24.7. The maximum atomic E-state index is 15.5. The highest BCUT2D eigenvalue weighted by molar-refractivity contribution is 7.91. The second-order valence-electron chi connectivity index (χ2n) is 11.5. The molecule has 42 heavy (non-hydrogen) atoms. The zero-order valence-electron chi connectivity index (χ0n) is 23.9.